The smallest absolute Gasteiger partial charge is 0.436 e. The number of carbonyl (C=O) groups excluding carboxylic acids is 3. The fourth-order valence-electron chi connectivity index (χ4n) is 2.16. The number of rotatable bonds is 7. The highest BCUT2D eigenvalue weighted by Crippen LogP contribution is 2.08. The summed E-state index contributed by atoms with van der Waals surface area (Å²) in [5.74, 6) is -0.538. The van der Waals surface area contributed by atoms with Crippen LogP contribution in [0.5, 0.6) is 0 Å². The lowest BCUT2D eigenvalue weighted by Gasteiger charge is -2.22. The number of aryl methyl sites for hydroxylation is 1. The van der Waals surface area contributed by atoms with E-state index >= 15 is 0 Å². The van der Waals surface area contributed by atoms with Gasteiger partial charge in [0.25, 0.3) is 5.91 Å². The number of ether oxygens (including phenoxy) is 2. The Labute approximate surface area is 154 Å². The number of benzene rings is 1. The molecule has 0 saturated heterocycles. The molecule has 0 radical (unpaired) electrons. The second-order valence-electron chi connectivity index (χ2n) is 6.42. The molecular formula is C19H28N2O5. The van der Waals surface area contributed by atoms with Gasteiger partial charge in [0.2, 0.25) is 0 Å². The molecule has 0 saturated carbocycles. The highest BCUT2D eigenvalue weighted by molar-refractivity contribution is 5.93. The van der Waals surface area contributed by atoms with Gasteiger partial charge in [-0.2, -0.15) is 0 Å². The van der Waals surface area contributed by atoms with Crippen LogP contribution in [0.3, 0.4) is 0 Å². The summed E-state index contributed by atoms with van der Waals surface area (Å²) in [5.41, 5.74) is 3.35. The van der Waals surface area contributed by atoms with Crippen LogP contribution < -0.4 is 5.43 Å². The second-order valence-corrected chi connectivity index (χ2v) is 6.42. The molecular weight excluding hydrogens is 336 g/mol. The van der Waals surface area contributed by atoms with Crippen LogP contribution >= 0.6 is 0 Å². The van der Waals surface area contributed by atoms with E-state index in [1.54, 1.807) is 27.7 Å². The average molecular weight is 364 g/mol. The van der Waals surface area contributed by atoms with Crippen molar-refractivity contribution >= 4 is 18.1 Å². The van der Waals surface area contributed by atoms with Crippen LogP contribution in [-0.4, -0.2) is 35.3 Å². The summed E-state index contributed by atoms with van der Waals surface area (Å²) in [7, 11) is 0. The molecule has 0 aliphatic rings. The van der Waals surface area contributed by atoms with Gasteiger partial charge in [0.1, 0.15) is 0 Å². The zero-order valence-corrected chi connectivity index (χ0v) is 15.9. The Kier molecular flexibility index (Phi) is 9.19. The molecule has 0 unspecified atom stereocenters. The first-order valence-electron chi connectivity index (χ1n) is 8.84. The summed E-state index contributed by atoms with van der Waals surface area (Å²) in [6.45, 7) is 6.66. The van der Waals surface area contributed by atoms with Gasteiger partial charge in [-0.3, -0.25) is 4.79 Å². The molecule has 0 bridgehead atoms. The molecule has 1 aromatic rings. The minimum Gasteiger partial charge on any atom is -0.446 e. The molecule has 144 valence electrons. The highest BCUT2D eigenvalue weighted by atomic mass is 16.6. The largest absolute Gasteiger partial charge is 0.446 e. The van der Waals surface area contributed by atoms with Crippen molar-refractivity contribution in [2.45, 2.75) is 65.6 Å². The van der Waals surface area contributed by atoms with Crippen LogP contribution in [0, 0.1) is 0 Å². The van der Waals surface area contributed by atoms with Gasteiger partial charge in [-0.1, -0.05) is 30.3 Å². The molecule has 0 spiro atoms. The molecule has 1 aromatic carbocycles. The predicted molar refractivity (Wildman–Crippen MR) is 97.2 cm³/mol. The summed E-state index contributed by atoms with van der Waals surface area (Å²) in [5, 5.41) is 0.591. The second kappa shape index (κ2) is 11.1. The molecule has 0 aliphatic carbocycles. The Bertz CT molecular complexity index is 587. The normalized spacial score (nSPS) is 10.5. The molecule has 0 aliphatic heterocycles. The first-order valence-corrected chi connectivity index (χ1v) is 8.84. The van der Waals surface area contributed by atoms with Crippen LogP contribution in [0.1, 0.15) is 52.5 Å². The van der Waals surface area contributed by atoms with Crippen LogP contribution in [0.2, 0.25) is 0 Å². The molecule has 0 aromatic heterocycles. The van der Waals surface area contributed by atoms with Gasteiger partial charge in [0.15, 0.2) is 0 Å². The van der Waals surface area contributed by atoms with E-state index in [0.29, 0.717) is 11.4 Å². The number of carbonyl (C=O) groups is 3. The minimum absolute atomic E-state index is 0.113. The number of hydrogen-bond donors (Lipinski definition) is 1. The summed E-state index contributed by atoms with van der Waals surface area (Å²) in [4.78, 5) is 36.2. The van der Waals surface area contributed by atoms with Crippen molar-refractivity contribution in [3.05, 3.63) is 35.9 Å². The first-order chi connectivity index (χ1) is 12.3. The Morgan fingerprint density at radius 3 is 2.15 bits per heavy atom. The lowest BCUT2D eigenvalue weighted by molar-refractivity contribution is -0.132. The number of amides is 3. The fraction of sp³-hybridized carbons (Fsp3) is 0.526. The molecule has 26 heavy (non-hydrogen) atoms. The van der Waals surface area contributed by atoms with E-state index in [4.69, 9.17) is 9.47 Å². The van der Waals surface area contributed by atoms with Crippen molar-refractivity contribution in [2.75, 3.05) is 0 Å². The molecule has 7 heteroatoms. The zero-order chi connectivity index (χ0) is 19.5. The third kappa shape index (κ3) is 8.50. The fourth-order valence-corrected chi connectivity index (χ4v) is 2.16. The third-order valence-electron chi connectivity index (χ3n) is 3.26. The predicted octanol–water partition coefficient (Wildman–Crippen LogP) is 3.82. The van der Waals surface area contributed by atoms with Gasteiger partial charge in [0, 0.05) is 6.42 Å². The number of hydrogen-bond acceptors (Lipinski definition) is 5. The minimum atomic E-state index is -0.922. The van der Waals surface area contributed by atoms with Gasteiger partial charge in [0.05, 0.1) is 12.2 Å². The van der Waals surface area contributed by atoms with E-state index in [1.807, 2.05) is 30.3 Å². The Balaban J connectivity index is 2.56. The van der Waals surface area contributed by atoms with Crippen molar-refractivity contribution in [1.82, 2.24) is 10.4 Å². The topological polar surface area (TPSA) is 84.9 Å². The Morgan fingerprint density at radius 2 is 1.58 bits per heavy atom. The maximum Gasteiger partial charge on any atom is 0.436 e. The van der Waals surface area contributed by atoms with E-state index in [0.717, 1.165) is 12.8 Å². The molecule has 0 heterocycles. The standard InChI is InChI=1S/C19H28N2O5/c1-14(2)25-18(23)20-21(19(24)26-15(3)4)17(22)13-9-8-12-16-10-6-5-7-11-16/h5-7,10-11,14-15H,8-9,12-13H2,1-4H3,(H,20,23). The quantitative estimate of drug-likeness (QED) is 0.587. The van der Waals surface area contributed by atoms with Crippen LogP contribution in [0.15, 0.2) is 30.3 Å². The maximum atomic E-state index is 12.4. The SMILES string of the molecule is CC(C)OC(=O)NN(C(=O)CCCCc1ccccc1)C(=O)OC(C)C. The van der Waals surface area contributed by atoms with E-state index in [9.17, 15) is 14.4 Å². The lowest BCUT2D eigenvalue weighted by Crippen LogP contribution is -2.51. The average Bonchev–Trinajstić information content (AvgIpc) is 2.56. The zero-order valence-electron chi connectivity index (χ0n) is 15.9. The number of nitrogens with zero attached hydrogens (tertiary/aromatic N) is 1. The summed E-state index contributed by atoms with van der Waals surface area (Å²) in [6, 6.07) is 9.94. The summed E-state index contributed by atoms with van der Waals surface area (Å²) < 4.78 is 9.93. The Hall–Kier alpha value is -2.57. The number of hydrazine groups is 1. The van der Waals surface area contributed by atoms with Crippen molar-refractivity contribution in [2.24, 2.45) is 0 Å². The highest BCUT2D eigenvalue weighted by Gasteiger charge is 2.26. The monoisotopic (exact) mass is 364 g/mol. The lowest BCUT2D eigenvalue weighted by atomic mass is 10.1. The maximum absolute atomic E-state index is 12.4. The summed E-state index contributed by atoms with van der Waals surface area (Å²) in [6.07, 6.45) is -0.265. The van der Waals surface area contributed by atoms with Crippen LogP contribution in [0.25, 0.3) is 0 Å². The van der Waals surface area contributed by atoms with Gasteiger partial charge < -0.3 is 9.47 Å². The molecule has 3 amide bonds. The van der Waals surface area contributed by atoms with Gasteiger partial charge >= 0.3 is 12.2 Å². The van der Waals surface area contributed by atoms with Crippen LogP contribution in [0.4, 0.5) is 9.59 Å². The van der Waals surface area contributed by atoms with Crippen LogP contribution in [-0.2, 0) is 20.7 Å². The van der Waals surface area contributed by atoms with Crippen molar-refractivity contribution < 1.29 is 23.9 Å². The van der Waals surface area contributed by atoms with Gasteiger partial charge in [-0.25, -0.2) is 15.0 Å². The molecule has 7 nitrogen and oxygen atoms in total. The van der Waals surface area contributed by atoms with Gasteiger partial charge in [-0.05, 0) is 52.5 Å². The number of nitrogens with one attached hydrogen (secondary N) is 1. The van der Waals surface area contributed by atoms with Gasteiger partial charge in [-0.15, -0.1) is 5.01 Å². The van der Waals surface area contributed by atoms with Crippen molar-refractivity contribution in [3.63, 3.8) is 0 Å². The molecule has 1 N–H and O–H groups in total. The van der Waals surface area contributed by atoms with Crippen molar-refractivity contribution in [3.8, 4) is 0 Å². The number of imide groups is 1. The van der Waals surface area contributed by atoms with E-state index in [2.05, 4.69) is 5.43 Å². The Morgan fingerprint density at radius 1 is 0.962 bits per heavy atom. The third-order valence-corrected chi connectivity index (χ3v) is 3.26. The molecule has 1 rings (SSSR count). The molecule has 0 atom stereocenters. The summed E-state index contributed by atoms with van der Waals surface area (Å²) >= 11 is 0. The van der Waals surface area contributed by atoms with Crippen molar-refractivity contribution in [1.29, 1.82) is 0 Å². The van der Waals surface area contributed by atoms with E-state index in [1.165, 1.54) is 5.56 Å². The molecule has 0 fully saturated rings. The van der Waals surface area contributed by atoms with E-state index < -0.39 is 24.2 Å². The first kappa shape index (κ1) is 21.5. The number of unbranched alkanes of at least 4 members (excludes halogenated alkanes) is 1. The van der Waals surface area contributed by atoms with E-state index in [-0.39, 0.29) is 12.5 Å².